The Hall–Kier alpha value is -0.530. The summed E-state index contributed by atoms with van der Waals surface area (Å²) >= 11 is 0. The number of amides is 1. The molecule has 2 nitrogen and oxygen atoms in total. The van der Waals surface area contributed by atoms with Crippen LogP contribution in [0.2, 0.25) is 0 Å². The molecule has 0 rings (SSSR count). The SMILES string of the molecule is CCC(C)(C)C(C)(C)C(C)C(N)=O. The van der Waals surface area contributed by atoms with E-state index in [0.29, 0.717) is 0 Å². The fraction of sp³-hybridized carbons (Fsp3) is 0.909. The lowest BCUT2D eigenvalue weighted by Crippen LogP contribution is -2.43. The second-order valence-corrected chi connectivity index (χ2v) is 5.08. The van der Waals surface area contributed by atoms with Crippen molar-refractivity contribution in [1.82, 2.24) is 0 Å². The molecule has 0 spiro atoms. The second-order valence-electron chi connectivity index (χ2n) is 5.08. The molecule has 0 radical (unpaired) electrons. The summed E-state index contributed by atoms with van der Waals surface area (Å²) in [5.74, 6) is -0.283. The average Bonchev–Trinajstić information content (AvgIpc) is 2.02. The second kappa shape index (κ2) is 3.69. The van der Waals surface area contributed by atoms with Crippen LogP contribution < -0.4 is 5.73 Å². The highest BCUT2D eigenvalue weighted by Crippen LogP contribution is 2.46. The van der Waals surface area contributed by atoms with Crippen LogP contribution in [0.25, 0.3) is 0 Å². The predicted molar refractivity (Wildman–Crippen MR) is 56.2 cm³/mol. The molecule has 0 aromatic rings. The molecular formula is C11H23NO. The van der Waals surface area contributed by atoms with E-state index in [1.54, 1.807) is 0 Å². The molecular weight excluding hydrogens is 162 g/mol. The summed E-state index contributed by atoms with van der Waals surface area (Å²) in [5.41, 5.74) is 5.43. The van der Waals surface area contributed by atoms with Gasteiger partial charge < -0.3 is 5.73 Å². The molecule has 0 bridgehead atoms. The van der Waals surface area contributed by atoms with E-state index < -0.39 is 0 Å². The van der Waals surface area contributed by atoms with Crippen LogP contribution in [-0.4, -0.2) is 5.91 Å². The Morgan fingerprint density at radius 3 is 1.92 bits per heavy atom. The zero-order valence-electron chi connectivity index (χ0n) is 9.77. The minimum absolute atomic E-state index is 0.0480. The van der Waals surface area contributed by atoms with E-state index in [0.717, 1.165) is 6.42 Å². The molecule has 1 atom stereocenters. The Labute approximate surface area is 81.9 Å². The Morgan fingerprint density at radius 2 is 1.69 bits per heavy atom. The highest BCUT2D eigenvalue weighted by atomic mass is 16.1. The first kappa shape index (κ1) is 12.5. The first-order valence-corrected chi connectivity index (χ1v) is 4.96. The van der Waals surface area contributed by atoms with Crippen LogP contribution in [-0.2, 0) is 4.79 Å². The summed E-state index contributed by atoms with van der Waals surface area (Å²) in [7, 11) is 0. The van der Waals surface area contributed by atoms with Gasteiger partial charge in [-0.2, -0.15) is 0 Å². The fourth-order valence-electron chi connectivity index (χ4n) is 1.40. The van der Waals surface area contributed by atoms with Gasteiger partial charge in [0.25, 0.3) is 0 Å². The van der Waals surface area contributed by atoms with Gasteiger partial charge in [-0.05, 0) is 10.8 Å². The van der Waals surface area contributed by atoms with Gasteiger partial charge in [0.05, 0.1) is 0 Å². The molecule has 2 N–H and O–H groups in total. The summed E-state index contributed by atoms with van der Waals surface area (Å²) in [6, 6.07) is 0. The van der Waals surface area contributed by atoms with Gasteiger partial charge >= 0.3 is 0 Å². The highest BCUT2D eigenvalue weighted by Gasteiger charge is 2.41. The van der Waals surface area contributed by atoms with E-state index in [1.165, 1.54) is 0 Å². The number of primary amides is 1. The van der Waals surface area contributed by atoms with Crippen LogP contribution in [0.3, 0.4) is 0 Å². The van der Waals surface area contributed by atoms with Crippen molar-refractivity contribution in [2.75, 3.05) is 0 Å². The smallest absolute Gasteiger partial charge is 0.220 e. The number of rotatable bonds is 4. The number of hydrogen-bond acceptors (Lipinski definition) is 1. The van der Waals surface area contributed by atoms with Crippen molar-refractivity contribution in [2.24, 2.45) is 22.5 Å². The molecule has 0 aromatic heterocycles. The Balaban J connectivity index is 4.84. The largest absolute Gasteiger partial charge is 0.369 e. The Bertz CT molecular complexity index is 194. The fourth-order valence-corrected chi connectivity index (χ4v) is 1.40. The maximum absolute atomic E-state index is 11.1. The molecule has 0 aliphatic rings. The third kappa shape index (κ3) is 2.23. The molecule has 1 amide bonds. The van der Waals surface area contributed by atoms with Crippen LogP contribution in [0.4, 0.5) is 0 Å². The molecule has 13 heavy (non-hydrogen) atoms. The van der Waals surface area contributed by atoms with Gasteiger partial charge in [-0.1, -0.05) is 48.0 Å². The topological polar surface area (TPSA) is 43.1 Å². The third-order valence-corrected chi connectivity index (χ3v) is 4.14. The molecule has 78 valence electrons. The van der Waals surface area contributed by atoms with Gasteiger partial charge in [-0.15, -0.1) is 0 Å². The predicted octanol–water partition coefficient (Wildman–Crippen LogP) is 2.57. The van der Waals surface area contributed by atoms with Crippen molar-refractivity contribution >= 4 is 5.91 Å². The van der Waals surface area contributed by atoms with Crippen molar-refractivity contribution in [3.63, 3.8) is 0 Å². The van der Waals surface area contributed by atoms with E-state index in [2.05, 4.69) is 34.6 Å². The summed E-state index contributed by atoms with van der Waals surface area (Å²) in [6.45, 7) is 12.7. The average molecular weight is 185 g/mol. The lowest BCUT2D eigenvalue weighted by molar-refractivity contribution is -0.128. The highest BCUT2D eigenvalue weighted by molar-refractivity contribution is 5.77. The van der Waals surface area contributed by atoms with Crippen LogP contribution in [0.15, 0.2) is 0 Å². The minimum Gasteiger partial charge on any atom is -0.369 e. The summed E-state index contributed by atoms with van der Waals surface area (Å²) in [5, 5.41) is 0. The lowest BCUT2D eigenvalue weighted by atomic mass is 9.60. The van der Waals surface area contributed by atoms with Gasteiger partial charge in [0.2, 0.25) is 5.91 Å². The lowest BCUT2D eigenvalue weighted by Gasteiger charge is -2.44. The molecule has 0 heterocycles. The van der Waals surface area contributed by atoms with Crippen molar-refractivity contribution in [3.05, 3.63) is 0 Å². The number of carbonyl (C=O) groups is 1. The van der Waals surface area contributed by atoms with Crippen LogP contribution in [0.5, 0.6) is 0 Å². The first-order valence-electron chi connectivity index (χ1n) is 4.96. The summed E-state index contributed by atoms with van der Waals surface area (Å²) in [6.07, 6.45) is 1.05. The van der Waals surface area contributed by atoms with Gasteiger partial charge in [0, 0.05) is 5.92 Å². The molecule has 1 unspecified atom stereocenters. The Morgan fingerprint density at radius 1 is 1.31 bits per heavy atom. The van der Waals surface area contributed by atoms with Crippen LogP contribution in [0.1, 0.15) is 48.0 Å². The zero-order chi connectivity index (χ0) is 10.9. The standard InChI is InChI=1S/C11H23NO/c1-7-10(3,4)11(5,6)8(2)9(12)13/h8H,7H2,1-6H3,(H2,12,13). The molecule has 0 aliphatic heterocycles. The van der Waals surface area contributed by atoms with E-state index in [1.807, 2.05) is 6.92 Å². The number of hydrogen-bond donors (Lipinski definition) is 1. The first-order chi connectivity index (χ1) is 5.66. The molecule has 0 saturated heterocycles. The molecule has 0 aromatic carbocycles. The zero-order valence-corrected chi connectivity index (χ0v) is 9.77. The van der Waals surface area contributed by atoms with Crippen LogP contribution >= 0.6 is 0 Å². The van der Waals surface area contributed by atoms with Crippen molar-refractivity contribution < 1.29 is 4.79 Å². The van der Waals surface area contributed by atoms with E-state index in [9.17, 15) is 4.79 Å². The Kier molecular flexibility index (Phi) is 3.54. The number of carbonyl (C=O) groups excluding carboxylic acids is 1. The molecule has 0 aliphatic carbocycles. The van der Waals surface area contributed by atoms with E-state index in [4.69, 9.17) is 5.73 Å². The summed E-state index contributed by atoms with van der Waals surface area (Å²) < 4.78 is 0. The van der Waals surface area contributed by atoms with Gasteiger partial charge in [-0.3, -0.25) is 4.79 Å². The van der Waals surface area contributed by atoms with Crippen molar-refractivity contribution in [1.29, 1.82) is 0 Å². The van der Waals surface area contributed by atoms with E-state index >= 15 is 0 Å². The van der Waals surface area contributed by atoms with Crippen LogP contribution in [0, 0.1) is 16.7 Å². The van der Waals surface area contributed by atoms with Gasteiger partial charge in [-0.25, -0.2) is 0 Å². The summed E-state index contributed by atoms with van der Waals surface area (Å²) in [4.78, 5) is 11.1. The molecule has 0 saturated carbocycles. The normalized spacial score (nSPS) is 15.5. The van der Waals surface area contributed by atoms with Crippen molar-refractivity contribution in [3.8, 4) is 0 Å². The molecule has 2 heteroatoms. The number of nitrogens with two attached hydrogens (primary N) is 1. The van der Waals surface area contributed by atoms with E-state index in [-0.39, 0.29) is 22.7 Å². The third-order valence-electron chi connectivity index (χ3n) is 4.14. The molecule has 0 fully saturated rings. The van der Waals surface area contributed by atoms with Gasteiger partial charge in [0.1, 0.15) is 0 Å². The quantitative estimate of drug-likeness (QED) is 0.718. The van der Waals surface area contributed by atoms with Gasteiger partial charge in [0.15, 0.2) is 0 Å². The minimum atomic E-state index is -0.202. The maximum Gasteiger partial charge on any atom is 0.220 e. The maximum atomic E-state index is 11.1. The monoisotopic (exact) mass is 185 g/mol. The van der Waals surface area contributed by atoms with Crippen molar-refractivity contribution in [2.45, 2.75) is 48.0 Å².